The second-order valence-corrected chi connectivity index (χ2v) is 4.27. The molecule has 1 heteroatoms. The molecule has 0 aromatic heterocycles. The first-order valence-corrected chi connectivity index (χ1v) is 5.00. The van der Waals surface area contributed by atoms with Crippen LogP contribution in [0.15, 0.2) is 11.1 Å². The normalized spacial score (nSPS) is 20.2. The van der Waals surface area contributed by atoms with Crippen molar-refractivity contribution in [3.63, 3.8) is 0 Å². The van der Waals surface area contributed by atoms with Crippen LogP contribution in [0.5, 0.6) is 0 Å². The van der Waals surface area contributed by atoms with Gasteiger partial charge in [0, 0.05) is 12.6 Å². The summed E-state index contributed by atoms with van der Waals surface area (Å²) in [5, 5.41) is 0. The van der Waals surface area contributed by atoms with E-state index in [1.165, 1.54) is 31.5 Å². The van der Waals surface area contributed by atoms with Gasteiger partial charge in [0.25, 0.3) is 0 Å². The Morgan fingerprint density at radius 1 is 1.33 bits per heavy atom. The molecule has 1 rings (SSSR count). The van der Waals surface area contributed by atoms with Gasteiger partial charge in [0.15, 0.2) is 0 Å². The molecule has 0 N–H and O–H groups in total. The Morgan fingerprint density at radius 2 is 2.00 bits per heavy atom. The molecule has 0 amide bonds. The molecule has 1 nitrogen and oxygen atoms in total. The molecule has 1 aliphatic heterocycles. The van der Waals surface area contributed by atoms with Crippen LogP contribution in [0.25, 0.3) is 0 Å². The van der Waals surface area contributed by atoms with E-state index in [-0.39, 0.29) is 0 Å². The Balaban J connectivity index is 2.58. The number of allylic oxidation sites excluding steroid dienone is 1. The molecule has 0 aromatic rings. The highest BCUT2D eigenvalue weighted by Gasteiger charge is 2.16. The second-order valence-electron chi connectivity index (χ2n) is 4.27. The molecule has 0 unspecified atom stereocenters. The van der Waals surface area contributed by atoms with E-state index in [4.69, 9.17) is 0 Å². The lowest BCUT2D eigenvalue weighted by molar-refractivity contribution is 0.215. The number of hydrogen-bond acceptors (Lipinski definition) is 1. The fourth-order valence-electron chi connectivity index (χ4n) is 1.75. The summed E-state index contributed by atoms with van der Waals surface area (Å²) in [5.41, 5.74) is 3.19. The van der Waals surface area contributed by atoms with Gasteiger partial charge in [-0.2, -0.15) is 0 Å². The van der Waals surface area contributed by atoms with Gasteiger partial charge in [-0.05, 0) is 47.1 Å². The number of nitrogens with zero attached hydrogens (tertiary/aromatic N) is 1. The van der Waals surface area contributed by atoms with E-state index in [2.05, 4.69) is 32.6 Å². The Kier molecular flexibility index (Phi) is 3.33. The molecule has 0 aliphatic carbocycles. The van der Waals surface area contributed by atoms with Gasteiger partial charge in [0.2, 0.25) is 0 Å². The van der Waals surface area contributed by atoms with Crippen LogP contribution >= 0.6 is 0 Å². The van der Waals surface area contributed by atoms with Gasteiger partial charge in [-0.1, -0.05) is 11.1 Å². The van der Waals surface area contributed by atoms with Crippen molar-refractivity contribution >= 4 is 0 Å². The van der Waals surface area contributed by atoms with Crippen LogP contribution < -0.4 is 0 Å². The Hall–Kier alpha value is -0.300. The van der Waals surface area contributed by atoms with Crippen LogP contribution in [0.4, 0.5) is 0 Å². The summed E-state index contributed by atoms with van der Waals surface area (Å²) in [6.45, 7) is 11.5. The number of rotatable bonds is 1. The molecule has 0 atom stereocenters. The van der Waals surface area contributed by atoms with E-state index < -0.39 is 0 Å². The van der Waals surface area contributed by atoms with Gasteiger partial charge in [-0.15, -0.1) is 0 Å². The molecular formula is C11H21N. The highest BCUT2D eigenvalue weighted by molar-refractivity contribution is 5.13. The zero-order valence-electron chi connectivity index (χ0n) is 8.85. The van der Waals surface area contributed by atoms with Crippen molar-refractivity contribution in [2.75, 3.05) is 13.1 Å². The molecule has 70 valence electrons. The van der Waals surface area contributed by atoms with Crippen molar-refractivity contribution in [3.05, 3.63) is 11.1 Å². The minimum absolute atomic E-state index is 0.708. The summed E-state index contributed by atoms with van der Waals surface area (Å²) in [4.78, 5) is 2.56. The quantitative estimate of drug-likeness (QED) is 0.543. The fraction of sp³-hybridized carbons (Fsp3) is 0.818. The molecule has 0 spiro atoms. The van der Waals surface area contributed by atoms with Crippen molar-refractivity contribution in [1.29, 1.82) is 0 Å². The molecule has 0 bridgehead atoms. The smallest absolute Gasteiger partial charge is 0.0198 e. The highest BCUT2D eigenvalue weighted by Crippen LogP contribution is 2.20. The van der Waals surface area contributed by atoms with Crippen molar-refractivity contribution < 1.29 is 0 Å². The van der Waals surface area contributed by atoms with Crippen molar-refractivity contribution in [2.24, 2.45) is 0 Å². The maximum atomic E-state index is 2.56. The van der Waals surface area contributed by atoms with Crippen LogP contribution in [0.1, 0.15) is 40.5 Å². The minimum Gasteiger partial charge on any atom is -0.297 e. The van der Waals surface area contributed by atoms with E-state index in [1.54, 1.807) is 5.57 Å². The van der Waals surface area contributed by atoms with Crippen LogP contribution in [-0.2, 0) is 0 Å². The van der Waals surface area contributed by atoms with Gasteiger partial charge in [0.1, 0.15) is 0 Å². The molecule has 0 aromatic carbocycles. The van der Waals surface area contributed by atoms with E-state index in [9.17, 15) is 0 Å². The zero-order valence-corrected chi connectivity index (χ0v) is 8.85. The number of likely N-dealkylation sites (tertiary alicyclic amines) is 1. The van der Waals surface area contributed by atoms with Crippen LogP contribution in [0.3, 0.4) is 0 Å². The summed E-state index contributed by atoms with van der Waals surface area (Å²) >= 11 is 0. The summed E-state index contributed by atoms with van der Waals surface area (Å²) in [6.07, 6.45) is 2.67. The van der Waals surface area contributed by atoms with Crippen molar-refractivity contribution in [3.8, 4) is 0 Å². The zero-order chi connectivity index (χ0) is 9.14. The Labute approximate surface area is 76.5 Å². The van der Waals surface area contributed by atoms with Gasteiger partial charge in [-0.25, -0.2) is 0 Å². The van der Waals surface area contributed by atoms with E-state index in [0.717, 1.165) is 0 Å². The van der Waals surface area contributed by atoms with Gasteiger partial charge in [0.05, 0.1) is 0 Å². The summed E-state index contributed by atoms with van der Waals surface area (Å²) in [7, 11) is 0. The lowest BCUT2D eigenvalue weighted by Crippen LogP contribution is -2.36. The number of hydrogen-bond donors (Lipinski definition) is 0. The Bertz CT molecular complexity index is 175. The molecule has 1 aliphatic rings. The first-order valence-electron chi connectivity index (χ1n) is 5.00. The monoisotopic (exact) mass is 167 g/mol. The Morgan fingerprint density at radius 3 is 2.50 bits per heavy atom. The van der Waals surface area contributed by atoms with Crippen LogP contribution in [-0.4, -0.2) is 24.0 Å². The van der Waals surface area contributed by atoms with Gasteiger partial charge < -0.3 is 0 Å². The standard InChI is InChI=1S/C11H21N/c1-9(2)11-6-5-7-12(8-11)10(3)4/h10H,5-8H2,1-4H3. The van der Waals surface area contributed by atoms with Gasteiger partial charge >= 0.3 is 0 Å². The number of piperidine rings is 1. The fourth-order valence-corrected chi connectivity index (χ4v) is 1.75. The van der Waals surface area contributed by atoms with Crippen molar-refractivity contribution in [2.45, 2.75) is 46.6 Å². The summed E-state index contributed by atoms with van der Waals surface area (Å²) < 4.78 is 0. The summed E-state index contributed by atoms with van der Waals surface area (Å²) in [6, 6.07) is 0.708. The van der Waals surface area contributed by atoms with Gasteiger partial charge in [-0.3, -0.25) is 4.90 Å². The van der Waals surface area contributed by atoms with Crippen molar-refractivity contribution in [1.82, 2.24) is 4.90 Å². The maximum absolute atomic E-state index is 2.56. The third kappa shape index (κ3) is 2.34. The average Bonchev–Trinajstić information content (AvgIpc) is 2.04. The van der Waals surface area contributed by atoms with Crippen LogP contribution in [0.2, 0.25) is 0 Å². The summed E-state index contributed by atoms with van der Waals surface area (Å²) in [5.74, 6) is 0. The van der Waals surface area contributed by atoms with E-state index in [1.807, 2.05) is 0 Å². The molecule has 1 fully saturated rings. The minimum atomic E-state index is 0.708. The highest BCUT2D eigenvalue weighted by atomic mass is 15.1. The molecule has 1 heterocycles. The molecular weight excluding hydrogens is 146 g/mol. The lowest BCUT2D eigenvalue weighted by atomic mass is 9.99. The first kappa shape index (κ1) is 9.79. The third-order valence-electron chi connectivity index (χ3n) is 2.76. The second kappa shape index (κ2) is 4.08. The predicted octanol–water partition coefficient (Wildman–Crippen LogP) is 2.83. The molecule has 12 heavy (non-hydrogen) atoms. The predicted molar refractivity (Wildman–Crippen MR) is 54.3 cm³/mol. The SMILES string of the molecule is CC(C)=C1CCCN(C(C)C)C1. The molecule has 0 saturated carbocycles. The molecule has 0 radical (unpaired) electrons. The third-order valence-corrected chi connectivity index (χ3v) is 2.76. The van der Waals surface area contributed by atoms with E-state index in [0.29, 0.717) is 6.04 Å². The lowest BCUT2D eigenvalue weighted by Gasteiger charge is -2.32. The van der Waals surface area contributed by atoms with Crippen LogP contribution in [0, 0.1) is 0 Å². The average molecular weight is 167 g/mol. The largest absolute Gasteiger partial charge is 0.297 e. The first-order chi connectivity index (χ1) is 5.61. The molecule has 1 saturated heterocycles. The maximum Gasteiger partial charge on any atom is 0.0198 e. The van der Waals surface area contributed by atoms with E-state index >= 15 is 0 Å². The topological polar surface area (TPSA) is 3.24 Å².